The average molecular weight is 365 g/mol. The second-order valence-electron chi connectivity index (χ2n) is 7.37. The van der Waals surface area contributed by atoms with Gasteiger partial charge in [-0.1, -0.05) is 37.6 Å². The van der Waals surface area contributed by atoms with Gasteiger partial charge in [0, 0.05) is 29.9 Å². The summed E-state index contributed by atoms with van der Waals surface area (Å²) in [6.07, 6.45) is 4.18. The molecule has 2 N–H and O–H groups in total. The molecule has 0 heterocycles. The van der Waals surface area contributed by atoms with Gasteiger partial charge in [0.15, 0.2) is 0 Å². The second kappa shape index (κ2) is 9.81. The Kier molecular flexibility index (Phi) is 7.76. The van der Waals surface area contributed by atoms with Crippen molar-refractivity contribution in [3.05, 3.63) is 34.9 Å². The summed E-state index contributed by atoms with van der Waals surface area (Å²) in [5.74, 6) is 0.925. The Morgan fingerprint density at radius 1 is 1.00 bits per heavy atom. The molecule has 1 aliphatic carbocycles. The van der Waals surface area contributed by atoms with E-state index >= 15 is 0 Å². The fourth-order valence-corrected chi connectivity index (χ4v) is 3.31. The molecule has 0 aliphatic heterocycles. The van der Waals surface area contributed by atoms with Crippen molar-refractivity contribution in [3.8, 4) is 0 Å². The van der Waals surface area contributed by atoms with Crippen LogP contribution in [0, 0.1) is 17.8 Å². The lowest BCUT2D eigenvalue weighted by atomic mass is 9.81. The van der Waals surface area contributed by atoms with E-state index in [-0.39, 0.29) is 23.7 Å². The standard InChI is InChI=1S/C20H29ClN2O2/c1-14(2)11-12-22-19(24)16-5-7-17(8-6-16)20(25)23-13-15-3-9-18(21)10-4-15/h3-4,9-10,14,16-17H,5-8,11-13H2,1-2H3,(H,22,24)(H,23,25). The summed E-state index contributed by atoms with van der Waals surface area (Å²) in [5, 5.41) is 6.72. The monoisotopic (exact) mass is 364 g/mol. The van der Waals surface area contributed by atoms with E-state index in [4.69, 9.17) is 11.6 Å². The number of carbonyl (C=O) groups excluding carboxylic acids is 2. The van der Waals surface area contributed by atoms with Crippen LogP contribution < -0.4 is 10.6 Å². The molecule has 0 aromatic heterocycles. The maximum atomic E-state index is 12.3. The quantitative estimate of drug-likeness (QED) is 0.770. The topological polar surface area (TPSA) is 58.2 Å². The molecule has 1 aromatic carbocycles. The highest BCUT2D eigenvalue weighted by atomic mass is 35.5. The van der Waals surface area contributed by atoms with E-state index in [2.05, 4.69) is 24.5 Å². The molecular formula is C20H29ClN2O2. The number of carbonyl (C=O) groups is 2. The number of nitrogens with one attached hydrogen (secondary N) is 2. The van der Waals surface area contributed by atoms with E-state index in [1.165, 1.54) is 0 Å². The molecule has 2 rings (SSSR count). The largest absolute Gasteiger partial charge is 0.356 e. The van der Waals surface area contributed by atoms with Gasteiger partial charge in [-0.15, -0.1) is 0 Å². The van der Waals surface area contributed by atoms with Crippen LogP contribution >= 0.6 is 11.6 Å². The van der Waals surface area contributed by atoms with Gasteiger partial charge >= 0.3 is 0 Å². The molecule has 0 atom stereocenters. The first-order valence-electron chi connectivity index (χ1n) is 9.25. The normalized spacial score (nSPS) is 20.3. The third-order valence-electron chi connectivity index (χ3n) is 4.87. The summed E-state index contributed by atoms with van der Waals surface area (Å²) in [6.45, 7) is 5.57. The lowest BCUT2D eigenvalue weighted by Crippen LogP contribution is -2.37. The zero-order chi connectivity index (χ0) is 18.2. The minimum absolute atomic E-state index is 0.0204. The molecule has 1 saturated carbocycles. The van der Waals surface area contributed by atoms with Crippen LogP contribution in [-0.4, -0.2) is 18.4 Å². The summed E-state index contributed by atoms with van der Waals surface area (Å²) < 4.78 is 0. The van der Waals surface area contributed by atoms with Crippen molar-refractivity contribution in [3.63, 3.8) is 0 Å². The smallest absolute Gasteiger partial charge is 0.223 e. The van der Waals surface area contributed by atoms with E-state index < -0.39 is 0 Å². The number of halogens is 1. The lowest BCUT2D eigenvalue weighted by Gasteiger charge is -2.27. The molecule has 0 radical (unpaired) electrons. The third-order valence-corrected chi connectivity index (χ3v) is 5.12. The average Bonchev–Trinajstić information content (AvgIpc) is 2.60. The van der Waals surface area contributed by atoms with Gasteiger partial charge in [-0.05, 0) is 55.7 Å². The number of hydrogen-bond donors (Lipinski definition) is 2. The van der Waals surface area contributed by atoms with Crippen molar-refractivity contribution >= 4 is 23.4 Å². The van der Waals surface area contributed by atoms with E-state index in [0.29, 0.717) is 17.5 Å². The molecule has 1 aliphatic rings. The van der Waals surface area contributed by atoms with Gasteiger partial charge in [0.2, 0.25) is 11.8 Å². The second-order valence-corrected chi connectivity index (χ2v) is 7.80. The molecule has 5 heteroatoms. The van der Waals surface area contributed by atoms with Gasteiger partial charge in [-0.25, -0.2) is 0 Å². The Labute approximate surface area is 155 Å². The third kappa shape index (κ3) is 6.69. The molecule has 0 bridgehead atoms. The molecule has 1 fully saturated rings. The Balaban J connectivity index is 1.69. The summed E-state index contributed by atoms with van der Waals surface area (Å²) in [5.41, 5.74) is 1.04. The lowest BCUT2D eigenvalue weighted by molar-refractivity contribution is -0.130. The first-order chi connectivity index (χ1) is 12.0. The fraction of sp³-hybridized carbons (Fsp3) is 0.600. The minimum Gasteiger partial charge on any atom is -0.356 e. The predicted molar refractivity (Wildman–Crippen MR) is 101 cm³/mol. The van der Waals surface area contributed by atoms with Crippen LogP contribution in [0.3, 0.4) is 0 Å². The van der Waals surface area contributed by atoms with Crippen LogP contribution in [0.15, 0.2) is 24.3 Å². The van der Waals surface area contributed by atoms with Gasteiger partial charge in [0.25, 0.3) is 0 Å². The molecule has 0 unspecified atom stereocenters. The van der Waals surface area contributed by atoms with Crippen molar-refractivity contribution in [2.24, 2.45) is 17.8 Å². The van der Waals surface area contributed by atoms with Gasteiger partial charge in [0.1, 0.15) is 0 Å². The van der Waals surface area contributed by atoms with Crippen molar-refractivity contribution in [1.82, 2.24) is 10.6 Å². The number of benzene rings is 1. The van der Waals surface area contributed by atoms with Crippen molar-refractivity contribution in [2.75, 3.05) is 6.54 Å². The van der Waals surface area contributed by atoms with Crippen molar-refractivity contribution in [2.45, 2.75) is 52.5 Å². The molecular weight excluding hydrogens is 336 g/mol. The van der Waals surface area contributed by atoms with Crippen LogP contribution in [0.5, 0.6) is 0 Å². The zero-order valence-corrected chi connectivity index (χ0v) is 15.9. The summed E-state index contributed by atoms with van der Waals surface area (Å²) in [4.78, 5) is 24.5. The van der Waals surface area contributed by atoms with Gasteiger partial charge in [0.05, 0.1) is 0 Å². The maximum absolute atomic E-state index is 12.3. The van der Waals surface area contributed by atoms with Crippen LogP contribution in [-0.2, 0) is 16.1 Å². The maximum Gasteiger partial charge on any atom is 0.223 e. The van der Waals surface area contributed by atoms with E-state index in [1.54, 1.807) is 0 Å². The fourth-order valence-electron chi connectivity index (χ4n) is 3.18. The molecule has 4 nitrogen and oxygen atoms in total. The van der Waals surface area contributed by atoms with E-state index in [1.807, 2.05) is 24.3 Å². The van der Waals surface area contributed by atoms with E-state index in [0.717, 1.165) is 44.2 Å². The molecule has 0 saturated heterocycles. The van der Waals surface area contributed by atoms with Gasteiger partial charge < -0.3 is 10.6 Å². The Bertz CT molecular complexity index is 564. The van der Waals surface area contributed by atoms with Crippen LogP contribution in [0.25, 0.3) is 0 Å². The van der Waals surface area contributed by atoms with E-state index in [9.17, 15) is 9.59 Å². The van der Waals surface area contributed by atoms with Gasteiger partial charge in [-0.2, -0.15) is 0 Å². The minimum atomic E-state index is 0.0204. The number of amides is 2. The molecule has 1 aromatic rings. The molecule has 138 valence electrons. The summed E-state index contributed by atoms with van der Waals surface area (Å²) in [7, 11) is 0. The Hall–Kier alpha value is -1.55. The highest BCUT2D eigenvalue weighted by Gasteiger charge is 2.29. The van der Waals surface area contributed by atoms with Crippen LogP contribution in [0.1, 0.15) is 51.5 Å². The first-order valence-corrected chi connectivity index (χ1v) is 9.63. The Morgan fingerprint density at radius 3 is 2.04 bits per heavy atom. The highest BCUT2D eigenvalue weighted by Crippen LogP contribution is 2.29. The summed E-state index contributed by atoms with van der Waals surface area (Å²) >= 11 is 5.86. The van der Waals surface area contributed by atoms with Crippen molar-refractivity contribution in [1.29, 1.82) is 0 Å². The SMILES string of the molecule is CC(C)CCNC(=O)C1CCC(C(=O)NCc2ccc(Cl)cc2)CC1. The predicted octanol–water partition coefficient (Wildman–Crippen LogP) is 3.92. The summed E-state index contributed by atoms with van der Waals surface area (Å²) in [6, 6.07) is 7.49. The zero-order valence-electron chi connectivity index (χ0n) is 15.2. The first kappa shape index (κ1) is 19.8. The Morgan fingerprint density at radius 2 is 1.52 bits per heavy atom. The van der Waals surface area contributed by atoms with Crippen molar-refractivity contribution < 1.29 is 9.59 Å². The molecule has 0 spiro atoms. The highest BCUT2D eigenvalue weighted by molar-refractivity contribution is 6.30. The molecule has 2 amide bonds. The van der Waals surface area contributed by atoms with Gasteiger partial charge in [-0.3, -0.25) is 9.59 Å². The number of rotatable bonds is 7. The van der Waals surface area contributed by atoms with Crippen LogP contribution in [0.4, 0.5) is 0 Å². The molecule has 25 heavy (non-hydrogen) atoms. The van der Waals surface area contributed by atoms with Crippen LogP contribution in [0.2, 0.25) is 5.02 Å². The number of hydrogen-bond acceptors (Lipinski definition) is 2.